The van der Waals surface area contributed by atoms with Crippen molar-refractivity contribution in [1.82, 2.24) is 10.3 Å². The molecule has 0 unspecified atom stereocenters. The molecule has 1 amide bonds. The minimum Gasteiger partial charge on any atom is -0.444 e. The molecule has 0 fully saturated rings. The molecule has 5 nitrogen and oxygen atoms in total. The second kappa shape index (κ2) is 8.21. The van der Waals surface area contributed by atoms with E-state index in [2.05, 4.69) is 55.3 Å². The summed E-state index contributed by atoms with van der Waals surface area (Å²) in [4.78, 5) is 16.3. The van der Waals surface area contributed by atoms with Gasteiger partial charge in [0.2, 0.25) is 0 Å². The third-order valence-electron chi connectivity index (χ3n) is 3.84. The highest BCUT2D eigenvalue weighted by atomic mass is 32.1. The van der Waals surface area contributed by atoms with Crippen LogP contribution in [-0.2, 0) is 16.6 Å². The van der Waals surface area contributed by atoms with Crippen LogP contribution in [0.3, 0.4) is 0 Å². The molecule has 1 aromatic carbocycles. The molecule has 2 rings (SSSR count). The van der Waals surface area contributed by atoms with Gasteiger partial charge in [-0.1, -0.05) is 45.0 Å². The third-order valence-corrected chi connectivity index (χ3v) is 4.75. The first kappa shape index (κ1) is 21.1. The summed E-state index contributed by atoms with van der Waals surface area (Å²) >= 11 is 1.57. The van der Waals surface area contributed by atoms with Crippen LogP contribution < -0.4 is 5.32 Å². The fraction of sp³-hybridized carbons (Fsp3) is 0.476. The molecule has 0 radical (unpaired) electrons. The number of nitrogens with one attached hydrogen (secondary N) is 2. The Morgan fingerprint density at radius 3 is 2.33 bits per heavy atom. The number of aryl methyl sites for hydroxylation is 1. The molecular weight excluding hydrogens is 358 g/mol. The summed E-state index contributed by atoms with van der Waals surface area (Å²) < 4.78 is 5.15. The van der Waals surface area contributed by atoms with E-state index in [1.54, 1.807) is 32.1 Å². The Morgan fingerprint density at radius 2 is 1.78 bits per heavy atom. The predicted molar refractivity (Wildman–Crippen MR) is 112 cm³/mol. The van der Waals surface area contributed by atoms with Crippen LogP contribution in [0.2, 0.25) is 0 Å². The smallest absolute Gasteiger partial charge is 0.413 e. The molecule has 0 aliphatic heterocycles. The predicted octanol–water partition coefficient (Wildman–Crippen LogP) is 5.54. The Kier molecular flexibility index (Phi) is 6.42. The SMILES string of the molecule is CC(C)(C)OC(=O)NC(=N)CCc1nc(-c2ccc(C(C)(C)C)cc2)cs1. The van der Waals surface area contributed by atoms with Gasteiger partial charge in [-0.25, -0.2) is 9.78 Å². The van der Waals surface area contributed by atoms with Crippen LogP contribution in [0.25, 0.3) is 11.3 Å². The Hall–Kier alpha value is -2.21. The molecule has 0 atom stereocenters. The van der Waals surface area contributed by atoms with E-state index < -0.39 is 11.7 Å². The van der Waals surface area contributed by atoms with Crippen molar-refractivity contribution in [2.45, 2.75) is 65.4 Å². The fourth-order valence-corrected chi connectivity index (χ4v) is 3.23. The lowest BCUT2D eigenvalue weighted by molar-refractivity contribution is 0.0562. The van der Waals surface area contributed by atoms with Crippen LogP contribution in [0.15, 0.2) is 29.6 Å². The lowest BCUT2D eigenvalue weighted by Gasteiger charge is -2.19. The Labute approximate surface area is 165 Å². The summed E-state index contributed by atoms with van der Waals surface area (Å²) in [5, 5.41) is 13.3. The second-order valence-corrected chi connectivity index (χ2v) is 9.50. The number of nitrogens with zero attached hydrogens (tertiary/aromatic N) is 1. The van der Waals surface area contributed by atoms with Gasteiger partial charge in [0.25, 0.3) is 0 Å². The minimum atomic E-state index is -0.591. The number of amides is 1. The monoisotopic (exact) mass is 387 g/mol. The van der Waals surface area contributed by atoms with Gasteiger partial charge in [-0.2, -0.15) is 0 Å². The molecule has 1 aromatic heterocycles. The summed E-state index contributed by atoms with van der Waals surface area (Å²) in [5.74, 6) is 0.135. The Bertz CT molecular complexity index is 796. The van der Waals surface area contributed by atoms with E-state index in [9.17, 15) is 4.79 Å². The number of alkyl carbamates (subject to hydrolysis) is 1. The standard InChI is InChI=1S/C21H29N3O2S/c1-20(2,3)15-9-7-14(8-10-15)16-13-27-18(23-16)12-11-17(22)24-19(25)26-21(4,5)6/h7-10,13H,11-12H2,1-6H3,(H2,22,24,25). The normalized spacial score (nSPS) is 11.9. The quantitative estimate of drug-likeness (QED) is 0.534. The van der Waals surface area contributed by atoms with Crippen molar-refractivity contribution >= 4 is 23.3 Å². The maximum atomic E-state index is 11.7. The van der Waals surface area contributed by atoms with E-state index in [4.69, 9.17) is 10.1 Å². The molecule has 6 heteroatoms. The topological polar surface area (TPSA) is 75.1 Å². The van der Waals surface area contributed by atoms with E-state index in [1.165, 1.54) is 5.56 Å². The van der Waals surface area contributed by atoms with Crippen LogP contribution in [0.5, 0.6) is 0 Å². The highest BCUT2D eigenvalue weighted by molar-refractivity contribution is 7.09. The number of amidine groups is 1. The fourth-order valence-electron chi connectivity index (χ4n) is 2.42. The summed E-state index contributed by atoms with van der Waals surface area (Å²) in [5.41, 5.74) is 2.89. The van der Waals surface area contributed by atoms with E-state index >= 15 is 0 Å². The van der Waals surface area contributed by atoms with Crippen molar-refractivity contribution in [2.24, 2.45) is 0 Å². The van der Waals surface area contributed by atoms with Gasteiger partial charge < -0.3 is 4.74 Å². The number of carbonyl (C=O) groups is 1. The molecule has 1 heterocycles. The zero-order valence-corrected chi connectivity index (χ0v) is 17.8. The average molecular weight is 388 g/mol. The van der Waals surface area contributed by atoms with E-state index in [-0.39, 0.29) is 11.3 Å². The minimum absolute atomic E-state index is 0.132. The van der Waals surface area contributed by atoms with Gasteiger partial charge in [-0.3, -0.25) is 10.7 Å². The van der Waals surface area contributed by atoms with E-state index in [0.29, 0.717) is 12.8 Å². The van der Waals surface area contributed by atoms with Crippen molar-refractivity contribution in [3.05, 3.63) is 40.2 Å². The summed E-state index contributed by atoms with van der Waals surface area (Å²) in [6, 6.07) is 8.50. The molecule has 0 aliphatic carbocycles. The first-order valence-electron chi connectivity index (χ1n) is 9.07. The van der Waals surface area contributed by atoms with Gasteiger partial charge in [-0.15, -0.1) is 11.3 Å². The number of rotatable bonds is 4. The van der Waals surface area contributed by atoms with Crippen molar-refractivity contribution in [2.75, 3.05) is 0 Å². The number of hydrogen-bond donors (Lipinski definition) is 2. The molecule has 0 saturated heterocycles. The van der Waals surface area contributed by atoms with Crippen molar-refractivity contribution < 1.29 is 9.53 Å². The molecule has 146 valence electrons. The lowest BCUT2D eigenvalue weighted by atomic mass is 9.86. The molecule has 2 aromatic rings. The van der Waals surface area contributed by atoms with Crippen LogP contribution in [-0.4, -0.2) is 22.5 Å². The average Bonchev–Trinajstić information content (AvgIpc) is 2.99. The van der Waals surface area contributed by atoms with Crippen LogP contribution >= 0.6 is 11.3 Å². The summed E-state index contributed by atoms with van der Waals surface area (Å²) in [6.45, 7) is 12.0. The van der Waals surface area contributed by atoms with E-state index in [1.807, 2.05) is 5.38 Å². The third kappa shape index (κ3) is 6.79. The molecular formula is C21H29N3O2S. The summed E-state index contributed by atoms with van der Waals surface area (Å²) in [6.07, 6.45) is 0.431. The highest BCUT2D eigenvalue weighted by Crippen LogP contribution is 2.27. The van der Waals surface area contributed by atoms with Crippen LogP contribution in [0.4, 0.5) is 4.79 Å². The van der Waals surface area contributed by atoms with Gasteiger partial charge in [-0.05, 0) is 31.7 Å². The highest BCUT2D eigenvalue weighted by Gasteiger charge is 2.17. The molecule has 0 aliphatic rings. The zero-order chi connectivity index (χ0) is 20.2. The van der Waals surface area contributed by atoms with Crippen molar-refractivity contribution in [1.29, 1.82) is 5.41 Å². The first-order valence-corrected chi connectivity index (χ1v) is 9.95. The number of hydrogen-bond acceptors (Lipinski definition) is 5. The van der Waals surface area contributed by atoms with Crippen LogP contribution in [0.1, 0.15) is 58.5 Å². The maximum Gasteiger partial charge on any atom is 0.413 e. The molecule has 27 heavy (non-hydrogen) atoms. The molecule has 0 saturated carbocycles. The maximum absolute atomic E-state index is 11.7. The van der Waals surface area contributed by atoms with Gasteiger partial charge in [0.05, 0.1) is 10.7 Å². The molecule has 2 N–H and O–H groups in total. The largest absolute Gasteiger partial charge is 0.444 e. The summed E-state index contributed by atoms with van der Waals surface area (Å²) in [7, 11) is 0. The van der Waals surface area contributed by atoms with Crippen LogP contribution in [0, 0.1) is 5.41 Å². The number of aromatic nitrogens is 1. The number of benzene rings is 1. The molecule has 0 bridgehead atoms. The van der Waals surface area contributed by atoms with Gasteiger partial charge >= 0.3 is 6.09 Å². The van der Waals surface area contributed by atoms with E-state index in [0.717, 1.165) is 16.3 Å². The molecule has 0 spiro atoms. The number of carbonyl (C=O) groups excluding carboxylic acids is 1. The van der Waals surface area contributed by atoms with Gasteiger partial charge in [0, 0.05) is 23.8 Å². The van der Waals surface area contributed by atoms with Crippen molar-refractivity contribution in [3.63, 3.8) is 0 Å². The van der Waals surface area contributed by atoms with Gasteiger partial charge in [0.1, 0.15) is 11.4 Å². The first-order chi connectivity index (χ1) is 12.4. The Balaban J connectivity index is 1.91. The second-order valence-electron chi connectivity index (χ2n) is 8.56. The Morgan fingerprint density at radius 1 is 1.15 bits per heavy atom. The number of thiazole rings is 1. The number of ether oxygens (including phenoxy) is 1. The van der Waals surface area contributed by atoms with Crippen molar-refractivity contribution in [3.8, 4) is 11.3 Å². The van der Waals surface area contributed by atoms with Gasteiger partial charge in [0.15, 0.2) is 0 Å². The lowest BCUT2D eigenvalue weighted by Crippen LogP contribution is -2.36. The zero-order valence-electron chi connectivity index (χ0n) is 17.0.